The number of imidazole rings is 2. The van der Waals surface area contributed by atoms with Crippen molar-refractivity contribution in [2.75, 3.05) is 24.4 Å². The Kier molecular flexibility index (Phi) is 7.24. The van der Waals surface area contributed by atoms with Gasteiger partial charge in [-0.3, -0.25) is 37.0 Å². The molecule has 2 bridgehead atoms. The topological polar surface area (TPSA) is 289 Å². The molecule has 3 fully saturated rings. The van der Waals surface area contributed by atoms with E-state index in [1.807, 2.05) is 0 Å². The van der Waals surface area contributed by atoms with Gasteiger partial charge in [-0.2, -0.15) is 4.98 Å². The normalized spacial score (nSPS) is 37.7. The van der Waals surface area contributed by atoms with Crippen molar-refractivity contribution in [3.63, 3.8) is 0 Å². The van der Waals surface area contributed by atoms with Crippen molar-refractivity contribution >= 4 is 49.5 Å². The van der Waals surface area contributed by atoms with Crippen molar-refractivity contribution in [1.82, 2.24) is 39.0 Å². The average molecular weight is 678 g/mol. The standard InChI is InChI=1S/C20H22F2N10O11P2/c21-7-11-6(40-17(7)31-3-27-9-13(23)25-2-26-14(9)31)1-39-45(36,37)43-12-8(22)19(38-5-44(34,35)42-11)41-18(12)32-4-28-10-15(32)29-20(24)30-16(10)33/h2-4,6-8,11-12,17-19H,1,5H2,(H,34,35)(H,36,37)(H2,23,25,26)(H3,24,29,30,33)/t6-,7?,8-,11?,12?,17-,18-,19+/m1/s1. The van der Waals surface area contributed by atoms with Crippen LogP contribution in [-0.2, 0) is 36.9 Å². The highest BCUT2D eigenvalue weighted by atomic mass is 31.2. The number of hydrogen-bond donors (Lipinski definition) is 5. The Balaban J connectivity index is 1.21. The van der Waals surface area contributed by atoms with Crippen LogP contribution in [0.1, 0.15) is 12.5 Å². The van der Waals surface area contributed by atoms with Crippen molar-refractivity contribution in [1.29, 1.82) is 0 Å². The van der Waals surface area contributed by atoms with Gasteiger partial charge in [0.2, 0.25) is 5.95 Å². The molecule has 3 saturated heterocycles. The van der Waals surface area contributed by atoms with E-state index in [1.54, 1.807) is 0 Å². The van der Waals surface area contributed by atoms with E-state index in [0.717, 1.165) is 28.1 Å². The number of nitrogens with two attached hydrogens (primary N) is 2. The predicted molar refractivity (Wildman–Crippen MR) is 141 cm³/mol. The van der Waals surface area contributed by atoms with E-state index in [1.165, 1.54) is 0 Å². The van der Waals surface area contributed by atoms with Crippen LogP contribution in [0, 0.1) is 0 Å². The molecule has 7 heterocycles. The predicted octanol–water partition coefficient (Wildman–Crippen LogP) is -0.387. The zero-order valence-electron chi connectivity index (χ0n) is 22.3. The highest BCUT2D eigenvalue weighted by Gasteiger charge is 2.55. The van der Waals surface area contributed by atoms with E-state index in [0.29, 0.717) is 0 Å². The number of halogens is 2. The van der Waals surface area contributed by atoms with Crippen molar-refractivity contribution in [3.05, 3.63) is 29.3 Å². The lowest BCUT2D eigenvalue weighted by molar-refractivity contribution is -0.159. The third-order valence-corrected chi connectivity index (χ3v) is 9.16. The molecule has 0 spiro atoms. The van der Waals surface area contributed by atoms with Gasteiger partial charge in [-0.25, -0.2) is 33.3 Å². The van der Waals surface area contributed by atoms with Crippen LogP contribution in [0.4, 0.5) is 20.5 Å². The van der Waals surface area contributed by atoms with E-state index in [4.69, 9.17) is 39.2 Å². The quantitative estimate of drug-likeness (QED) is 0.169. The third-order valence-electron chi connectivity index (χ3n) is 7.13. The van der Waals surface area contributed by atoms with E-state index >= 15 is 8.78 Å². The first-order valence-corrected chi connectivity index (χ1v) is 16.1. The number of aromatic amines is 1. The number of H-pyrrole nitrogens is 1. The summed E-state index contributed by atoms with van der Waals surface area (Å²) in [7, 11) is -10.2. The maximum absolute atomic E-state index is 15.9. The molecule has 4 aromatic rings. The molecule has 7 rings (SSSR count). The van der Waals surface area contributed by atoms with Gasteiger partial charge in [0.25, 0.3) is 5.56 Å². The molecule has 45 heavy (non-hydrogen) atoms. The molecule has 0 radical (unpaired) electrons. The summed E-state index contributed by atoms with van der Waals surface area (Å²) in [6.07, 6.45) is -13.4. The molecule has 0 aromatic carbocycles. The van der Waals surface area contributed by atoms with Crippen LogP contribution < -0.4 is 17.0 Å². The summed E-state index contributed by atoms with van der Waals surface area (Å²) in [6.45, 7) is -0.944. The number of alkyl halides is 2. The molecule has 242 valence electrons. The van der Waals surface area contributed by atoms with Gasteiger partial charge in [0.1, 0.15) is 24.1 Å². The molecule has 3 aliphatic heterocycles. The number of ether oxygens (including phenoxy) is 3. The number of fused-ring (bicyclic) bond motifs is 5. The Morgan fingerprint density at radius 3 is 2.44 bits per heavy atom. The van der Waals surface area contributed by atoms with E-state index in [2.05, 4.69) is 29.9 Å². The number of hydrogen-bond acceptors (Lipinski definition) is 16. The number of anilines is 2. The fraction of sp³-hybridized carbons (Fsp3) is 0.500. The van der Waals surface area contributed by atoms with Crippen LogP contribution in [0.15, 0.2) is 23.8 Å². The summed E-state index contributed by atoms with van der Waals surface area (Å²) in [5, 5.41) is 0. The van der Waals surface area contributed by atoms with Crippen molar-refractivity contribution in [2.45, 2.75) is 49.4 Å². The van der Waals surface area contributed by atoms with E-state index in [9.17, 15) is 23.7 Å². The van der Waals surface area contributed by atoms with Gasteiger partial charge in [-0.1, -0.05) is 0 Å². The summed E-state index contributed by atoms with van der Waals surface area (Å²) in [5.41, 5.74) is 10.4. The lowest BCUT2D eigenvalue weighted by Gasteiger charge is -2.25. The number of phosphoric ester groups is 1. The van der Waals surface area contributed by atoms with Gasteiger partial charge in [-0.15, -0.1) is 0 Å². The lowest BCUT2D eigenvalue weighted by atomic mass is 10.1. The Morgan fingerprint density at radius 2 is 1.67 bits per heavy atom. The van der Waals surface area contributed by atoms with Crippen molar-refractivity contribution < 1.29 is 55.5 Å². The lowest BCUT2D eigenvalue weighted by Crippen LogP contribution is -2.34. The van der Waals surface area contributed by atoms with Crippen LogP contribution in [0.2, 0.25) is 0 Å². The number of nitrogens with one attached hydrogen (secondary N) is 1. The van der Waals surface area contributed by atoms with Gasteiger partial charge >= 0.3 is 15.4 Å². The number of aromatic nitrogens is 8. The fourth-order valence-corrected chi connectivity index (χ4v) is 7.12. The summed E-state index contributed by atoms with van der Waals surface area (Å²) < 4.78 is 91.6. The molecule has 7 N–H and O–H groups in total. The molecule has 25 heteroatoms. The molecule has 3 aliphatic rings. The summed E-state index contributed by atoms with van der Waals surface area (Å²) >= 11 is 0. The van der Waals surface area contributed by atoms with Gasteiger partial charge in [0.15, 0.2) is 66.2 Å². The fourth-order valence-electron chi connectivity index (χ4n) is 5.17. The number of phosphoric acid groups is 1. The zero-order chi connectivity index (χ0) is 31.8. The second-order valence-electron chi connectivity index (χ2n) is 10.0. The first kappa shape index (κ1) is 30.2. The molecule has 0 amide bonds. The van der Waals surface area contributed by atoms with Crippen molar-refractivity contribution in [2.24, 2.45) is 0 Å². The smallest absolute Gasteiger partial charge is 0.382 e. The van der Waals surface area contributed by atoms with Gasteiger partial charge < -0.3 is 35.5 Å². The van der Waals surface area contributed by atoms with Crippen LogP contribution in [0.5, 0.6) is 0 Å². The number of nitrogens with zero attached hydrogens (tertiary/aromatic N) is 7. The van der Waals surface area contributed by atoms with Crippen LogP contribution >= 0.6 is 15.4 Å². The summed E-state index contributed by atoms with van der Waals surface area (Å²) in [4.78, 5) is 55.3. The molecular weight excluding hydrogens is 656 g/mol. The summed E-state index contributed by atoms with van der Waals surface area (Å²) in [5.74, 6) is -0.345. The number of nitrogen functional groups attached to an aromatic ring is 2. The van der Waals surface area contributed by atoms with E-state index in [-0.39, 0.29) is 34.1 Å². The third kappa shape index (κ3) is 5.29. The van der Waals surface area contributed by atoms with Gasteiger partial charge in [-0.05, 0) is 0 Å². The van der Waals surface area contributed by atoms with Crippen LogP contribution in [0.3, 0.4) is 0 Å². The van der Waals surface area contributed by atoms with Crippen molar-refractivity contribution in [3.8, 4) is 0 Å². The highest BCUT2D eigenvalue weighted by molar-refractivity contribution is 7.52. The highest BCUT2D eigenvalue weighted by Crippen LogP contribution is 2.54. The maximum Gasteiger partial charge on any atom is 0.472 e. The Morgan fingerprint density at radius 1 is 0.933 bits per heavy atom. The van der Waals surface area contributed by atoms with Gasteiger partial charge in [0.05, 0.1) is 19.3 Å². The minimum absolute atomic E-state index is 0.0132. The zero-order valence-corrected chi connectivity index (χ0v) is 24.1. The molecule has 0 aliphatic carbocycles. The maximum atomic E-state index is 15.9. The SMILES string of the molecule is Nc1nc2c(ncn2[C@@H]2O[C@@H]3OCP(=O)(O)OC4C(F)[C@H](n5cnc6c(N)ncnc65)O[C@@H]4COP(=O)(O)OC2[C@H]3F)c(=O)[nH]1. The first-order chi connectivity index (χ1) is 21.3. The molecular formula is C20H22F2N10O11P2. The molecule has 21 nitrogen and oxygen atoms in total. The van der Waals surface area contributed by atoms with Gasteiger partial charge in [0, 0.05) is 0 Å². The Bertz CT molecular complexity index is 1940. The first-order valence-electron chi connectivity index (χ1n) is 12.8. The van der Waals surface area contributed by atoms with Crippen LogP contribution in [0.25, 0.3) is 22.3 Å². The molecule has 5 unspecified atom stereocenters. The average Bonchev–Trinajstić information content (AvgIpc) is 3.72. The Labute approximate surface area is 247 Å². The Hall–Kier alpha value is -3.50. The molecule has 0 saturated carbocycles. The van der Waals surface area contributed by atoms with Crippen LogP contribution in [-0.4, -0.2) is 98.7 Å². The second kappa shape index (κ2) is 10.8. The second-order valence-corrected chi connectivity index (χ2v) is 13.2. The molecule has 4 aromatic heterocycles. The minimum Gasteiger partial charge on any atom is -0.382 e. The molecule has 10 atom stereocenters. The van der Waals surface area contributed by atoms with E-state index < -0.39 is 83.3 Å². The monoisotopic (exact) mass is 678 g/mol. The largest absolute Gasteiger partial charge is 0.472 e. The number of rotatable bonds is 2. The summed E-state index contributed by atoms with van der Waals surface area (Å²) in [6, 6.07) is 0. The minimum atomic E-state index is -5.25.